The van der Waals surface area contributed by atoms with E-state index in [1.807, 2.05) is 24.0 Å². The fraction of sp³-hybridized carbons (Fsp3) is 0.667. The van der Waals surface area contributed by atoms with Gasteiger partial charge in [-0.1, -0.05) is 13.0 Å². The smallest absolute Gasteiger partial charge is 0.101 e. The number of rotatable bonds is 7. The molecule has 19 heavy (non-hydrogen) atoms. The van der Waals surface area contributed by atoms with Crippen LogP contribution >= 0.6 is 11.8 Å². The van der Waals surface area contributed by atoms with Gasteiger partial charge in [-0.05, 0) is 38.8 Å². The molecule has 106 valence electrons. The van der Waals surface area contributed by atoms with E-state index in [-0.39, 0.29) is 0 Å². The van der Waals surface area contributed by atoms with Crippen molar-refractivity contribution in [1.82, 2.24) is 10.3 Å². The fourth-order valence-corrected chi connectivity index (χ4v) is 3.43. The van der Waals surface area contributed by atoms with Crippen LogP contribution in [-0.2, 0) is 4.74 Å². The lowest BCUT2D eigenvalue weighted by Crippen LogP contribution is -2.20. The van der Waals surface area contributed by atoms with Crippen molar-refractivity contribution in [3.8, 4) is 0 Å². The quantitative estimate of drug-likeness (QED) is 0.776. The van der Waals surface area contributed by atoms with E-state index in [2.05, 4.69) is 30.2 Å². The molecule has 4 heteroatoms. The number of pyridine rings is 1. The third-order valence-electron chi connectivity index (χ3n) is 3.40. The maximum absolute atomic E-state index is 5.68. The highest BCUT2D eigenvalue weighted by Crippen LogP contribution is 2.28. The number of hydrogen-bond donors (Lipinski definition) is 1. The summed E-state index contributed by atoms with van der Waals surface area (Å²) in [6.07, 6.45) is 5.85. The lowest BCUT2D eigenvalue weighted by atomic mass is 10.1. The third kappa shape index (κ3) is 4.48. The minimum Gasteiger partial charge on any atom is -0.377 e. The van der Waals surface area contributed by atoms with Gasteiger partial charge in [0, 0.05) is 30.2 Å². The Morgan fingerprint density at radius 3 is 3.21 bits per heavy atom. The molecule has 1 aliphatic rings. The van der Waals surface area contributed by atoms with Gasteiger partial charge < -0.3 is 10.1 Å². The van der Waals surface area contributed by atoms with Crippen LogP contribution in [0.5, 0.6) is 0 Å². The highest BCUT2D eigenvalue weighted by molar-refractivity contribution is 7.99. The molecule has 0 aliphatic carbocycles. The monoisotopic (exact) mass is 280 g/mol. The Labute approximate surface area is 120 Å². The van der Waals surface area contributed by atoms with Crippen LogP contribution in [0.3, 0.4) is 0 Å². The molecule has 3 nitrogen and oxygen atoms in total. The van der Waals surface area contributed by atoms with Crippen LogP contribution in [0.1, 0.15) is 44.7 Å². The first-order chi connectivity index (χ1) is 9.31. The van der Waals surface area contributed by atoms with Crippen molar-refractivity contribution in [2.45, 2.75) is 50.3 Å². The molecule has 2 rings (SSSR count). The van der Waals surface area contributed by atoms with Crippen LogP contribution in [0.25, 0.3) is 0 Å². The van der Waals surface area contributed by atoms with Crippen LogP contribution in [-0.4, -0.2) is 30.0 Å². The van der Waals surface area contributed by atoms with Crippen molar-refractivity contribution >= 4 is 11.8 Å². The number of nitrogens with zero attached hydrogens (tertiary/aromatic N) is 1. The normalized spacial score (nSPS) is 20.6. The zero-order chi connectivity index (χ0) is 13.5. The zero-order valence-corrected chi connectivity index (χ0v) is 12.7. The first kappa shape index (κ1) is 14.8. The van der Waals surface area contributed by atoms with Crippen molar-refractivity contribution in [1.29, 1.82) is 0 Å². The lowest BCUT2D eigenvalue weighted by Gasteiger charge is -2.17. The van der Waals surface area contributed by atoms with Crippen LogP contribution in [0.2, 0.25) is 0 Å². The van der Waals surface area contributed by atoms with E-state index in [1.165, 1.54) is 18.4 Å². The van der Waals surface area contributed by atoms with E-state index in [9.17, 15) is 0 Å². The zero-order valence-electron chi connectivity index (χ0n) is 11.9. The average Bonchev–Trinajstić information content (AvgIpc) is 2.96. The topological polar surface area (TPSA) is 34.2 Å². The summed E-state index contributed by atoms with van der Waals surface area (Å²) < 4.78 is 5.68. The number of hydrogen-bond acceptors (Lipinski definition) is 4. The van der Waals surface area contributed by atoms with E-state index < -0.39 is 0 Å². The maximum Gasteiger partial charge on any atom is 0.101 e. The van der Waals surface area contributed by atoms with Gasteiger partial charge in [0.1, 0.15) is 5.03 Å². The SMILES string of the molecule is CCCNC(C)c1cccnc1SCC1CCCO1. The van der Waals surface area contributed by atoms with Gasteiger partial charge in [0.25, 0.3) is 0 Å². The van der Waals surface area contributed by atoms with Crippen molar-refractivity contribution in [3.05, 3.63) is 23.9 Å². The third-order valence-corrected chi connectivity index (χ3v) is 4.55. The van der Waals surface area contributed by atoms with E-state index >= 15 is 0 Å². The lowest BCUT2D eigenvalue weighted by molar-refractivity contribution is 0.129. The molecule has 2 atom stereocenters. The predicted molar refractivity (Wildman–Crippen MR) is 80.6 cm³/mol. The molecule has 0 bridgehead atoms. The van der Waals surface area contributed by atoms with Crippen LogP contribution < -0.4 is 5.32 Å². The molecule has 2 heterocycles. The van der Waals surface area contributed by atoms with Crippen LogP contribution in [0, 0.1) is 0 Å². The highest BCUT2D eigenvalue weighted by atomic mass is 32.2. The van der Waals surface area contributed by atoms with Crippen LogP contribution in [0.4, 0.5) is 0 Å². The van der Waals surface area contributed by atoms with E-state index in [0.717, 1.165) is 30.4 Å². The Balaban J connectivity index is 1.94. The Hall–Kier alpha value is -0.580. The second kappa shape index (κ2) is 7.88. The molecule has 1 aromatic rings. The second-order valence-electron chi connectivity index (χ2n) is 5.02. The van der Waals surface area contributed by atoms with Crippen LogP contribution in [0.15, 0.2) is 23.4 Å². The van der Waals surface area contributed by atoms with Crippen molar-refractivity contribution in [2.24, 2.45) is 0 Å². The summed E-state index contributed by atoms with van der Waals surface area (Å²) in [6, 6.07) is 4.56. The van der Waals surface area contributed by atoms with Crippen molar-refractivity contribution in [2.75, 3.05) is 18.9 Å². The Morgan fingerprint density at radius 1 is 1.58 bits per heavy atom. The van der Waals surface area contributed by atoms with Gasteiger partial charge in [-0.2, -0.15) is 0 Å². The van der Waals surface area contributed by atoms with Crippen molar-refractivity contribution < 1.29 is 4.74 Å². The number of thioether (sulfide) groups is 1. The minimum absolute atomic E-state index is 0.362. The first-order valence-corrected chi connectivity index (χ1v) is 8.22. The molecule has 1 fully saturated rings. The molecule has 0 radical (unpaired) electrons. The molecule has 1 aliphatic heterocycles. The van der Waals surface area contributed by atoms with E-state index in [0.29, 0.717) is 12.1 Å². The Morgan fingerprint density at radius 2 is 2.47 bits per heavy atom. The number of nitrogens with one attached hydrogen (secondary N) is 1. The van der Waals surface area contributed by atoms with E-state index in [1.54, 1.807) is 0 Å². The molecule has 0 saturated carbocycles. The predicted octanol–water partition coefficient (Wildman–Crippen LogP) is 3.41. The van der Waals surface area contributed by atoms with Gasteiger partial charge in [0.05, 0.1) is 6.10 Å². The molecule has 0 aromatic carbocycles. The second-order valence-corrected chi connectivity index (χ2v) is 6.03. The summed E-state index contributed by atoms with van der Waals surface area (Å²) in [6.45, 7) is 6.37. The number of aromatic nitrogens is 1. The summed E-state index contributed by atoms with van der Waals surface area (Å²) in [5.41, 5.74) is 1.30. The van der Waals surface area contributed by atoms with Gasteiger partial charge in [-0.15, -0.1) is 11.8 Å². The largest absolute Gasteiger partial charge is 0.377 e. The molecular weight excluding hydrogens is 256 g/mol. The average molecular weight is 280 g/mol. The fourth-order valence-electron chi connectivity index (χ4n) is 2.27. The molecular formula is C15H24N2OS. The minimum atomic E-state index is 0.362. The summed E-state index contributed by atoms with van der Waals surface area (Å²) in [5.74, 6) is 1.02. The highest BCUT2D eigenvalue weighted by Gasteiger charge is 2.18. The van der Waals surface area contributed by atoms with Gasteiger partial charge in [0.2, 0.25) is 0 Å². The van der Waals surface area contributed by atoms with Gasteiger partial charge in [0.15, 0.2) is 0 Å². The molecule has 1 N–H and O–H groups in total. The molecule has 1 aromatic heterocycles. The summed E-state index contributed by atoms with van der Waals surface area (Å²) in [4.78, 5) is 4.54. The van der Waals surface area contributed by atoms with Crippen molar-refractivity contribution in [3.63, 3.8) is 0 Å². The Bertz CT molecular complexity index is 380. The summed E-state index contributed by atoms with van der Waals surface area (Å²) in [7, 11) is 0. The van der Waals surface area contributed by atoms with Gasteiger partial charge >= 0.3 is 0 Å². The van der Waals surface area contributed by atoms with E-state index in [4.69, 9.17) is 4.74 Å². The Kier molecular flexibility index (Phi) is 6.14. The standard InChI is InChI=1S/C15H24N2OS/c1-3-8-16-12(2)14-7-4-9-17-15(14)19-11-13-6-5-10-18-13/h4,7,9,12-13,16H,3,5-6,8,10-11H2,1-2H3. The van der Waals surface area contributed by atoms with Gasteiger partial charge in [-0.25, -0.2) is 4.98 Å². The first-order valence-electron chi connectivity index (χ1n) is 7.24. The van der Waals surface area contributed by atoms with Gasteiger partial charge in [-0.3, -0.25) is 0 Å². The molecule has 1 saturated heterocycles. The molecule has 0 amide bonds. The molecule has 2 unspecified atom stereocenters. The maximum atomic E-state index is 5.68. The summed E-state index contributed by atoms with van der Waals surface area (Å²) >= 11 is 1.83. The molecule has 0 spiro atoms. The number of ether oxygens (including phenoxy) is 1. The summed E-state index contributed by atoms with van der Waals surface area (Å²) in [5, 5.41) is 4.68.